The maximum Gasteiger partial charge on any atom is 0.220 e. The first-order valence-electron chi connectivity index (χ1n) is 5.24. The van der Waals surface area contributed by atoms with Crippen molar-refractivity contribution in [3.63, 3.8) is 0 Å². The van der Waals surface area contributed by atoms with Gasteiger partial charge in [-0.3, -0.25) is 4.79 Å². The number of amides is 1. The summed E-state index contributed by atoms with van der Waals surface area (Å²) < 4.78 is 0. The second kappa shape index (κ2) is 3.52. The van der Waals surface area contributed by atoms with Gasteiger partial charge in [-0.15, -0.1) is 0 Å². The third-order valence-electron chi connectivity index (χ3n) is 3.24. The Morgan fingerprint density at radius 3 is 2.85 bits per heavy atom. The van der Waals surface area contributed by atoms with Crippen LogP contribution in [0.2, 0.25) is 0 Å². The molecule has 2 bridgehead atoms. The summed E-state index contributed by atoms with van der Waals surface area (Å²) in [6, 6.07) is 0. The molecule has 1 N–H and O–H groups in total. The average Bonchev–Trinajstić information content (AvgIpc) is 2.65. The normalized spacial score (nSPS) is 35.3. The highest BCUT2D eigenvalue weighted by Gasteiger charge is 2.36. The summed E-state index contributed by atoms with van der Waals surface area (Å²) in [6.07, 6.45) is 7.89. The molecule has 0 radical (unpaired) electrons. The number of hydrogen-bond donors (Lipinski definition) is 1. The molecule has 1 fully saturated rings. The second-order valence-corrected chi connectivity index (χ2v) is 4.20. The third-order valence-corrected chi connectivity index (χ3v) is 3.24. The molecule has 0 spiro atoms. The minimum absolute atomic E-state index is 0.230. The lowest BCUT2D eigenvalue weighted by Gasteiger charge is -2.16. The summed E-state index contributed by atoms with van der Waals surface area (Å²) in [6.45, 7) is 2.73. The fourth-order valence-electron chi connectivity index (χ4n) is 2.64. The number of carbonyl (C=O) groups excluding carboxylic acids is 1. The summed E-state index contributed by atoms with van der Waals surface area (Å²) in [5.74, 6) is 2.34. The van der Waals surface area contributed by atoms with Gasteiger partial charge < -0.3 is 5.32 Å². The molecule has 3 atom stereocenters. The van der Waals surface area contributed by atoms with Gasteiger partial charge in [-0.25, -0.2) is 0 Å². The number of hydrogen-bond acceptors (Lipinski definition) is 1. The van der Waals surface area contributed by atoms with Crippen LogP contribution in [0.5, 0.6) is 0 Å². The Hall–Kier alpha value is -0.790. The molecule has 0 heterocycles. The molecule has 0 aromatic carbocycles. The third kappa shape index (κ3) is 1.77. The van der Waals surface area contributed by atoms with E-state index in [9.17, 15) is 4.79 Å². The molecule has 0 aromatic rings. The van der Waals surface area contributed by atoms with E-state index < -0.39 is 0 Å². The predicted octanol–water partition coefficient (Wildman–Crippen LogP) is 1.72. The molecule has 2 aliphatic carbocycles. The van der Waals surface area contributed by atoms with Crippen LogP contribution < -0.4 is 5.32 Å². The van der Waals surface area contributed by atoms with Gasteiger partial charge in [-0.2, -0.15) is 0 Å². The van der Waals surface area contributed by atoms with Gasteiger partial charge >= 0.3 is 0 Å². The first-order valence-corrected chi connectivity index (χ1v) is 5.24. The van der Waals surface area contributed by atoms with Crippen molar-refractivity contribution >= 4 is 5.91 Å². The molecule has 0 aromatic heterocycles. The molecule has 72 valence electrons. The second-order valence-electron chi connectivity index (χ2n) is 4.20. The van der Waals surface area contributed by atoms with Gasteiger partial charge in [0.25, 0.3) is 0 Å². The van der Waals surface area contributed by atoms with Crippen molar-refractivity contribution in [2.24, 2.45) is 17.8 Å². The van der Waals surface area contributed by atoms with Gasteiger partial charge in [0.15, 0.2) is 0 Å². The summed E-state index contributed by atoms with van der Waals surface area (Å²) in [4.78, 5) is 11.3. The maximum absolute atomic E-state index is 11.3. The first-order chi connectivity index (χ1) is 6.29. The lowest BCUT2D eigenvalue weighted by molar-refractivity contribution is -0.122. The minimum Gasteiger partial charge on any atom is -0.356 e. The zero-order chi connectivity index (χ0) is 9.26. The van der Waals surface area contributed by atoms with Gasteiger partial charge in [0, 0.05) is 13.0 Å². The van der Waals surface area contributed by atoms with Crippen molar-refractivity contribution in [2.75, 3.05) is 6.54 Å². The van der Waals surface area contributed by atoms with Crippen LogP contribution in [0, 0.1) is 17.8 Å². The van der Waals surface area contributed by atoms with E-state index in [-0.39, 0.29) is 5.91 Å². The van der Waals surface area contributed by atoms with Gasteiger partial charge in [-0.1, -0.05) is 12.2 Å². The molecule has 1 saturated carbocycles. The van der Waals surface area contributed by atoms with E-state index in [4.69, 9.17) is 0 Å². The molecule has 2 heteroatoms. The summed E-state index contributed by atoms with van der Waals surface area (Å²) in [5, 5.41) is 2.87. The Morgan fingerprint density at radius 2 is 2.31 bits per heavy atom. The highest BCUT2D eigenvalue weighted by atomic mass is 16.1. The van der Waals surface area contributed by atoms with Crippen LogP contribution in [0.1, 0.15) is 26.2 Å². The monoisotopic (exact) mass is 179 g/mol. The van der Waals surface area contributed by atoms with Crippen molar-refractivity contribution in [3.8, 4) is 0 Å². The van der Waals surface area contributed by atoms with Crippen molar-refractivity contribution in [1.82, 2.24) is 5.32 Å². The van der Waals surface area contributed by atoms with Crippen molar-refractivity contribution in [3.05, 3.63) is 12.2 Å². The molecular weight excluding hydrogens is 162 g/mol. The molecule has 0 aliphatic heterocycles. The van der Waals surface area contributed by atoms with E-state index in [0.717, 1.165) is 18.9 Å². The van der Waals surface area contributed by atoms with E-state index in [0.29, 0.717) is 11.8 Å². The Labute approximate surface area is 79.4 Å². The van der Waals surface area contributed by atoms with Crippen LogP contribution in [-0.4, -0.2) is 12.5 Å². The van der Waals surface area contributed by atoms with E-state index >= 15 is 0 Å². The molecule has 2 aliphatic rings. The Kier molecular flexibility index (Phi) is 2.38. The Morgan fingerprint density at radius 1 is 1.46 bits per heavy atom. The molecule has 3 unspecified atom stereocenters. The summed E-state index contributed by atoms with van der Waals surface area (Å²) in [5.41, 5.74) is 0. The van der Waals surface area contributed by atoms with Crippen LogP contribution in [0.4, 0.5) is 0 Å². The van der Waals surface area contributed by atoms with Crippen LogP contribution in [0.25, 0.3) is 0 Å². The minimum atomic E-state index is 0.230. The van der Waals surface area contributed by atoms with Crippen LogP contribution >= 0.6 is 0 Å². The average molecular weight is 179 g/mol. The van der Waals surface area contributed by atoms with E-state index in [1.54, 1.807) is 0 Å². The zero-order valence-electron chi connectivity index (χ0n) is 8.12. The highest BCUT2D eigenvalue weighted by molar-refractivity contribution is 5.76. The van der Waals surface area contributed by atoms with Crippen molar-refractivity contribution < 1.29 is 4.79 Å². The summed E-state index contributed by atoms with van der Waals surface area (Å²) >= 11 is 0. The van der Waals surface area contributed by atoms with Gasteiger partial charge in [0.05, 0.1) is 0 Å². The van der Waals surface area contributed by atoms with E-state index in [2.05, 4.69) is 17.5 Å². The molecule has 13 heavy (non-hydrogen) atoms. The number of carbonyl (C=O) groups is 1. The van der Waals surface area contributed by atoms with Crippen LogP contribution in [0.15, 0.2) is 12.2 Å². The summed E-state index contributed by atoms with van der Waals surface area (Å²) in [7, 11) is 0. The molecule has 1 amide bonds. The lowest BCUT2D eigenvalue weighted by atomic mass is 9.90. The van der Waals surface area contributed by atoms with Crippen LogP contribution in [0.3, 0.4) is 0 Å². The Bertz CT molecular complexity index is 234. The SMILES string of the molecule is CCNC(=O)CC1CC2C=CC1C2. The van der Waals surface area contributed by atoms with Gasteiger partial charge in [0.2, 0.25) is 5.91 Å². The predicted molar refractivity (Wildman–Crippen MR) is 52.1 cm³/mol. The fourth-order valence-corrected chi connectivity index (χ4v) is 2.64. The smallest absolute Gasteiger partial charge is 0.220 e. The number of allylic oxidation sites excluding steroid dienone is 2. The molecule has 0 saturated heterocycles. The maximum atomic E-state index is 11.3. The molecular formula is C11H17NO. The molecule has 2 rings (SSSR count). The first kappa shape index (κ1) is 8.79. The van der Waals surface area contributed by atoms with Crippen molar-refractivity contribution in [2.45, 2.75) is 26.2 Å². The lowest BCUT2D eigenvalue weighted by Crippen LogP contribution is -2.26. The zero-order valence-corrected chi connectivity index (χ0v) is 8.12. The standard InChI is InChI=1S/C11H17NO/c1-2-12-11(13)7-10-6-8-3-4-9(10)5-8/h3-4,8-10H,2,5-7H2,1H3,(H,12,13). The number of nitrogens with one attached hydrogen (secondary N) is 1. The van der Waals surface area contributed by atoms with Crippen LogP contribution in [-0.2, 0) is 4.79 Å². The number of rotatable bonds is 3. The van der Waals surface area contributed by atoms with E-state index in [1.165, 1.54) is 12.8 Å². The fraction of sp³-hybridized carbons (Fsp3) is 0.727. The molecule has 2 nitrogen and oxygen atoms in total. The number of fused-ring (bicyclic) bond motifs is 2. The quantitative estimate of drug-likeness (QED) is 0.657. The topological polar surface area (TPSA) is 29.1 Å². The highest BCUT2D eigenvalue weighted by Crippen LogP contribution is 2.44. The van der Waals surface area contributed by atoms with Crippen molar-refractivity contribution in [1.29, 1.82) is 0 Å². The van der Waals surface area contributed by atoms with Gasteiger partial charge in [0.1, 0.15) is 0 Å². The van der Waals surface area contributed by atoms with E-state index in [1.807, 2.05) is 6.92 Å². The van der Waals surface area contributed by atoms with Gasteiger partial charge in [-0.05, 0) is 37.5 Å². The Balaban J connectivity index is 1.83. The largest absolute Gasteiger partial charge is 0.356 e.